The molecule has 1 saturated heterocycles. The quantitative estimate of drug-likeness (QED) is 0.413. The summed E-state index contributed by atoms with van der Waals surface area (Å²) in [5.41, 5.74) is 3.05. The van der Waals surface area contributed by atoms with Crippen molar-refractivity contribution in [2.45, 2.75) is 71.4 Å². The first-order valence-corrected chi connectivity index (χ1v) is 13.8. The topological polar surface area (TPSA) is 106 Å². The Labute approximate surface area is 226 Å². The first-order valence-electron chi connectivity index (χ1n) is 13.8. The molecule has 1 aliphatic carbocycles. The van der Waals surface area contributed by atoms with Gasteiger partial charge in [0.25, 0.3) is 0 Å². The summed E-state index contributed by atoms with van der Waals surface area (Å²) in [6.45, 7) is 12.7. The summed E-state index contributed by atoms with van der Waals surface area (Å²) < 4.78 is 5.54. The molecule has 1 aromatic carbocycles. The molecule has 9 nitrogen and oxygen atoms in total. The van der Waals surface area contributed by atoms with Gasteiger partial charge in [0.2, 0.25) is 0 Å². The van der Waals surface area contributed by atoms with Gasteiger partial charge in [0.15, 0.2) is 0 Å². The van der Waals surface area contributed by atoms with E-state index < -0.39 is 11.7 Å². The number of piperazine rings is 1. The van der Waals surface area contributed by atoms with Gasteiger partial charge in [0.1, 0.15) is 17.5 Å². The molecule has 1 amide bonds. The van der Waals surface area contributed by atoms with Crippen LogP contribution < -0.4 is 20.9 Å². The fraction of sp³-hybridized carbons (Fsp3) is 0.552. The number of benzene rings is 1. The standard InChI is InChI=1S/C29H41N7O2/c1-5-35-13-15-36(16-14-35)23-11-12-24(26(17-23)34-28(37)38-29(2,3)4)33-27-18-25(21(19-30)20-31-27)32-22-9-7-6-8-10-22/h11-12,17-18,20,22H,5-10,13-16H2,1-4H3,(H,34,37)(H2,31,32,33). The van der Waals surface area contributed by atoms with Crippen molar-refractivity contribution in [1.29, 1.82) is 5.26 Å². The predicted molar refractivity (Wildman–Crippen MR) is 153 cm³/mol. The molecule has 0 spiro atoms. The van der Waals surface area contributed by atoms with E-state index >= 15 is 0 Å². The number of pyridine rings is 1. The zero-order valence-corrected chi connectivity index (χ0v) is 23.1. The van der Waals surface area contributed by atoms with Crippen LogP contribution in [0.1, 0.15) is 65.4 Å². The Hall–Kier alpha value is -3.51. The SMILES string of the molecule is CCN1CCN(c2ccc(Nc3cc(NC4CCCCC4)c(C#N)cn3)c(NC(=O)OC(C)(C)C)c2)CC1. The highest BCUT2D eigenvalue weighted by Crippen LogP contribution is 2.32. The average Bonchev–Trinajstić information content (AvgIpc) is 2.89. The molecule has 38 heavy (non-hydrogen) atoms. The van der Waals surface area contributed by atoms with Crippen molar-refractivity contribution in [2.24, 2.45) is 0 Å². The van der Waals surface area contributed by atoms with Gasteiger partial charge in [-0.3, -0.25) is 5.32 Å². The smallest absolute Gasteiger partial charge is 0.412 e. The molecule has 2 aliphatic rings. The lowest BCUT2D eigenvalue weighted by atomic mass is 9.95. The van der Waals surface area contributed by atoms with Crippen LogP contribution in [0.4, 0.5) is 33.4 Å². The van der Waals surface area contributed by atoms with E-state index in [0.29, 0.717) is 28.8 Å². The number of likely N-dealkylation sites (N-methyl/N-ethyl adjacent to an activating group) is 1. The normalized spacial score (nSPS) is 17.0. The summed E-state index contributed by atoms with van der Waals surface area (Å²) >= 11 is 0. The van der Waals surface area contributed by atoms with E-state index in [1.165, 1.54) is 19.3 Å². The second kappa shape index (κ2) is 12.4. The number of nitriles is 1. The number of ether oxygens (including phenoxy) is 1. The summed E-state index contributed by atoms with van der Waals surface area (Å²) in [6, 6.07) is 10.5. The number of hydrogen-bond donors (Lipinski definition) is 3. The van der Waals surface area contributed by atoms with E-state index in [0.717, 1.165) is 56.9 Å². The number of aromatic nitrogens is 1. The molecule has 2 aromatic rings. The highest BCUT2D eigenvalue weighted by atomic mass is 16.6. The van der Waals surface area contributed by atoms with E-state index in [1.54, 1.807) is 6.20 Å². The zero-order chi connectivity index (χ0) is 27.1. The Morgan fingerprint density at radius 3 is 2.47 bits per heavy atom. The van der Waals surface area contributed by atoms with Crippen LogP contribution in [0, 0.1) is 11.3 Å². The Morgan fingerprint density at radius 1 is 1.08 bits per heavy atom. The van der Waals surface area contributed by atoms with Crippen molar-refractivity contribution < 1.29 is 9.53 Å². The van der Waals surface area contributed by atoms with Gasteiger partial charge in [0, 0.05) is 50.2 Å². The van der Waals surface area contributed by atoms with Gasteiger partial charge in [-0.05, 0) is 58.4 Å². The molecule has 2 fully saturated rings. The molecule has 9 heteroatoms. The second-order valence-electron chi connectivity index (χ2n) is 11.1. The zero-order valence-electron chi connectivity index (χ0n) is 23.1. The largest absolute Gasteiger partial charge is 0.444 e. The summed E-state index contributed by atoms with van der Waals surface area (Å²) in [6.07, 6.45) is 6.97. The van der Waals surface area contributed by atoms with Gasteiger partial charge in [-0.1, -0.05) is 26.2 Å². The van der Waals surface area contributed by atoms with Crippen LogP contribution in [0.5, 0.6) is 0 Å². The van der Waals surface area contributed by atoms with E-state index in [9.17, 15) is 10.1 Å². The molecule has 1 aliphatic heterocycles. The van der Waals surface area contributed by atoms with Crippen LogP contribution >= 0.6 is 0 Å². The molecule has 0 atom stereocenters. The van der Waals surface area contributed by atoms with Crippen LogP contribution in [0.25, 0.3) is 0 Å². The number of carbonyl (C=O) groups is 1. The van der Waals surface area contributed by atoms with Crippen LogP contribution in [0.2, 0.25) is 0 Å². The fourth-order valence-electron chi connectivity index (χ4n) is 5.01. The first-order chi connectivity index (χ1) is 18.2. The Morgan fingerprint density at radius 2 is 1.82 bits per heavy atom. The lowest BCUT2D eigenvalue weighted by Crippen LogP contribution is -2.46. The lowest BCUT2D eigenvalue weighted by Gasteiger charge is -2.35. The molecule has 0 radical (unpaired) electrons. The molecule has 1 saturated carbocycles. The van der Waals surface area contributed by atoms with Crippen molar-refractivity contribution in [2.75, 3.05) is 53.6 Å². The van der Waals surface area contributed by atoms with Crippen molar-refractivity contribution in [3.8, 4) is 6.07 Å². The Kier molecular flexibility index (Phi) is 8.95. The number of nitrogens with zero attached hydrogens (tertiary/aromatic N) is 4. The summed E-state index contributed by atoms with van der Waals surface area (Å²) in [5.74, 6) is 0.596. The number of nitrogens with one attached hydrogen (secondary N) is 3. The predicted octanol–water partition coefficient (Wildman–Crippen LogP) is 5.93. The van der Waals surface area contributed by atoms with Crippen LogP contribution in [-0.2, 0) is 4.74 Å². The monoisotopic (exact) mass is 519 g/mol. The molecule has 0 unspecified atom stereocenters. The molecule has 4 rings (SSSR count). The summed E-state index contributed by atoms with van der Waals surface area (Å²) in [5, 5.41) is 19.5. The minimum Gasteiger partial charge on any atom is -0.444 e. The van der Waals surface area contributed by atoms with Crippen LogP contribution in [0.15, 0.2) is 30.5 Å². The molecule has 1 aromatic heterocycles. The molecular formula is C29H41N7O2. The van der Waals surface area contributed by atoms with Gasteiger partial charge in [-0.15, -0.1) is 0 Å². The first kappa shape index (κ1) is 27.5. The van der Waals surface area contributed by atoms with Gasteiger partial charge in [0.05, 0.1) is 22.6 Å². The van der Waals surface area contributed by atoms with E-state index in [2.05, 4.69) is 49.8 Å². The maximum absolute atomic E-state index is 12.7. The van der Waals surface area contributed by atoms with Gasteiger partial charge in [-0.2, -0.15) is 5.26 Å². The van der Waals surface area contributed by atoms with Gasteiger partial charge < -0.3 is 25.2 Å². The van der Waals surface area contributed by atoms with Crippen LogP contribution in [0.3, 0.4) is 0 Å². The fourth-order valence-corrected chi connectivity index (χ4v) is 5.01. The number of anilines is 5. The Bertz CT molecular complexity index is 1140. The maximum atomic E-state index is 12.7. The lowest BCUT2D eigenvalue weighted by molar-refractivity contribution is 0.0636. The third kappa shape index (κ3) is 7.51. The summed E-state index contributed by atoms with van der Waals surface area (Å²) in [7, 11) is 0. The van der Waals surface area contributed by atoms with E-state index in [4.69, 9.17) is 4.74 Å². The third-order valence-electron chi connectivity index (χ3n) is 7.08. The third-order valence-corrected chi connectivity index (χ3v) is 7.08. The molecule has 0 bridgehead atoms. The minimum atomic E-state index is -0.611. The van der Waals surface area contributed by atoms with Crippen molar-refractivity contribution in [1.82, 2.24) is 9.88 Å². The number of amides is 1. The van der Waals surface area contributed by atoms with E-state index in [-0.39, 0.29) is 0 Å². The second-order valence-corrected chi connectivity index (χ2v) is 11.1. The van der Waals surface area contributed by atoms with Crippen molar-refractivity contribution >= 4 is 34.7 Å². The van der Waals surface area contributed by atoms with Gasteiger partial charge >= 0.3 is 6.09 Å². The van der Waals surface area contributed by atoms with Gasteiger partial charge in [-0.25, -0.2) is 9.78 Å². The van der Waals surface area contributed by atoms with Crippen molar-refractivity contribution in [3.05, 3.63) is 36.0 Å². The molecular weight excluding hydrogens is 478 g/mol. The maximum Gasteiger partial charge on any atom is 0.412 e. The summed E-state index contributed by atoms with van der Waals surface area (Å²) in [4.78, 5) is 22.0. The van der Waals surface area contributed by atoms with Crippen LogP contribution in [-0.4, -0.2) is 60.3 Å². The molecule has 3 N–H and O–H groups in total. The molecule has 204 valence electrons. The van der Waals surface area contributed by atoms with Crippen molar-refractivity contribution in [3.63, 3.8) is 0 Å². The number of rotatable bonds is 7. The number of carbonyl (C=O) groups excluding carboxylic acids is 1. The molecule has 2 heterocycles. The highest BCUT2D eigenvalue weighted by Gasteiger charge is 2.21. The minimum absolute atomic E-state index is 0.364. The number of hydrogen-bond acceptors (Lipinski definition) is 8. The highest BCUT2D eigenvalue weighted by molar-refractivity contribution is 5.92. The Balaban J connectivity index is 1.58. The van der Waals surface area contributed by atoms with E-state index in [1.807, 2.05) is 39.0 Å². The average molecular weight is 520 g/mol.